The van der Waals surface area contributed by atoms with Crippen molar-refractivity contribution in [2.45, 2.75) is 6.42 Å². The van der Waals surface area contributed by atoms with Gasteiger partial charge < -0.3 is 14.8 Å². The van der Waals surface area contributed by atoms with Crippen LogP contribution in [-0.2, 0) is 16.0 Å². The highest BCUT2D eigenvalue weighted by Gasteiger charge is 2.33. The fourth-order valence-electron chi connectivity index (χ4n) is 2.92. The molecular formula is C22H22N2O4S2. The summed E-state index contributed by atoms with van der Waals surface area (Å²) >= 11 is 6.49. The fraction of sp³-hybridized carbons (Fsp3) is 0.227. The second-order valence-electron chi connectivity index (χ2n) is 6.47. The van der Waals surface area contributed by atoms with E-state index in [1.165, 1.54) is 16.7 Å². The summed E-state index contributed by atoms with van der Waals surface area (Å²) in [4.78, 5) is 26.8. The van der Waals surface area contributed by atoms with Gasteiger partial charge in [0.2, 0.25) is 5.91 Å². The number of thiocarbonyl (C=S) groups is 1. The van der Waals surface area contributed by atoms with E-state index in [0.29, 0.717) is 27.3 Å². The summed E-state index contributed by atoms with van der Waals surface area (Å²) in [6.45, 7) is 0.405. The maximum atomic E-state index is 12.7. The minimum absolute atomic E-state index is 0.0945. The first-order valence-corrected chi connectivity index (χ1v) is 10.5. The molecule has 0 spiro atoms. The van der Waals surface area contributed by atoms with Crippen molar-refractivity contribution in [2.75, 3.05) is 27.3 Å². The van der Waals surface area contributed by atoms with Crippen molar-refractivity contribution in [3.63, 3.8) is 0 Å². The van der Waals surface area contributed by atoms with E-state index < -0.39 is 0 Å². The first kappa shape index (κ1) is 21.9. The third-order valence-corrected chi connectivity index (χ3v) is 5.84. The Bertz CT molecular complexity index is 976. The van der Waals surface area contributed by atoms with Gasteiger partial charge in [0.05, 0.1) is 19.1 Å². The predicted molar refractivity (Wildman–Crippen MR) is 123 cm³/mol. The molecule has 1 fully saturated rings. The Morgan fingerprint density at radius 2 is 1.87 bits per heavy atom. The minimum atomic E-state index is -0.280. The van der Waals surface area contributed by atoms with Gasteiger partial charge in [-0.3, -0.25) is 14.5 Å². The number of amides is 2. The molecule has 6 nitrogen and oxygen atoms in total. The van der Waals surface area contributed by atoms with Gasteiger partial charge in [-0.05, 0) is 35.8 Å². The van der Waals surface area contributed by atoms with Gasteiger partial charge in [-0.15, -0.1) is 0 Å². The topological polar surface area (TPSA) is 67.9 Å². The average molecular weight is 443 g/mol. The number of rotatable bonds is 8. The summed E-state index contributed by atoms with van der Waals surface area (Å²) in [7, 11) is 3.12. The Morgan fingerprint density at radius 1 is 1.13 bits per heavy atom. The van der Waals surface area contributed by atoms with Crippen molar-refractivity contribution in [2.24, 2.45) is 0 Å². The van der Waals surface area contributed by atoms with E-state index in [0.717, 1.165) is 17.5 Å². The van der Waals surface area contributed by atoms with E-state index in [4.69, 9.17) is 21.7 Å². The molecular weight excluding hydrogens is 420 g/mol. The zero-order valence-electron chi connectivity index (χ0n) is 16.7. The molecule has 2 aromatic carbocycles. The van der Waals surface area contributed by atoms with Crippen LogP contribution in [0.3, 0.4) is 0 Å². The minimum Gasteiger partial charge on any atom is -0.493 e. The van der Waals surface area contributed by atoms with E-state index in [-0.39, 0.29) is 18.4 Å². The lowest BCUT2D eigenvalue weighted by molar-refractivity contribution is -0.128. The Balaban J connectivity index is 1.60. The summed E-state index contributed by atoms with van der Waals surface area (Å²) in [5.74, 6) is 0.654. The molecule has 0 atom stereocenters. The number of methoxy groups -OCH3 is 2. The third kappa shape index (κ3) is 5.40. The molecule has 1 aliphatic heterocycles. The van der Waals surface area contributed by atoms with E-state index in [1.807, 2.05) is 36.4 Å². The van der Waals surface area contributed by atoms with Crippen LogP contribution in [0.1, 0.15) is 11.1 Å². The van der Waals surface area contributed by atoms with Crippen LogP contribution in [0.4, 0.5) is 0 Å². The molecule has 1 heterocycles. The highest BCUT2D eigenvalue weighted by atomic mass is 32.2. The lowest BCUT2D eigenvalue weighted by Crippen LogP contribution is -2.40. The normalized spacial score (nSPS) is 14.9. The molecule has 0 radical (unpaired) electrons. The number of ether oxygens (including phenoxy) is 2. The van der Waals surface area contributed by atoms with Crippen LogP contribution in [0.25, 0.3) is 6.08 Å². The summed E-state index contributed by atoms with van der Waals surface area (Å²) in [6.07, 6.45) is 2.46. The maximum Gasteiger partial charge on any atom is 0.266 e. The van der Waals surface area contributed by atoms with E-state index >= 15 is 0 Å². The molecule has 0 aromatic heterocycles. The van der Waals surface area contributed by atoms with Gasteiger partial charge in [0, 0.05) is 6.54 Å². The van der Waals surface area contributed by atoms with Crippen LogP contribution in [0.15, 0.2) is 53.4 Å². The number of nitrogens with one attached hydrogen (secondary N) is 1. The molecule has 156 valence electrons. The Labute approximate surface area is 185 Å². The van der Waals surface area contributed by atoms with Gasteiger partial charge >= 0.3 is 0 Å². The van der Waals surface area contributed by atoms with Crippen LogP contribution in [0, 0.1) is 0 Å². The van der Waals surface area contributed by atoms with E-state index in [2.05, 4.69) is 5.32 Å². The van der Waals surface area contributed by atoms with Gasteiger partial charge in [0.1, 0.15) is 10.9 Å². The molecule has 2 aromatic rings. The zero-order chi connectivity index (χ0) is 21.5. The van der Waals surface area contributed by atoms with Crippen LogP contribution in [0.5, 0.6) is 11.5 Å². The van der Waals surface area contributed by atoms with Gasteiger partial charge in [0.15, 0.2) is 11.5 Å². The van der Waals surface area contributed by atoms with Crippen LogP contribution in [0.2, 0.25) is 0 Å². The largest absolute Gasteiger partial charge is 0.493 e. The van der Waals surface area contributed by atoms with Gasteiger partial charge in [-0.25, -0.2) is 0 Å². The number of nitrogens with zero attached hydrogens (tertiary/aromatic N) is 1. The van der Waals surface area contributed by atoms with Gasteiger partial charge in [-0.1, -0.05) is 60.4 Å². The average Bonchev–Trinajstić information content (AvgIpc) is 3.01. The molecule has 0 saturated carbocycles. The van der Waals surface area contributed by atoms with Crippen molar-refractivity contribution >= 4 is 46.2 Å². The van der Waals surface area contributed by atoms with E-state index in [9.17, 15) is 9.59 Å². The first-order valence-electron chi connectivity index (χ1n) is 9.30. The molecule has 0 unspecified atom stereocenters. The summed E-state index contributed by atoms with van der Waals surface area (Å²) in [6, 6.07) is 15.3. The van der Waals surface area contributed by atoms with Crippen LogP contribution < -0.4 is 14.8 Å². The highest BCUT2D eigenvalue weighted by molar-refractivity contribution is 8.26. The van der Waals surface area contributed by atoms with Gasteiger partial charge in [-0.2, -0.15) is 0 Å². The van der Waals surface area contributed by atoms with Crippen LogP contribution >= 0.6 is 24.0 Å². The second-order valence-corrected chi connectivity index (χ2v) is 8.14. The number of hydrogen-bond donors (Lipinski definition) is 1. The smallest absolute Gasteiger partial charge is 0.266 e. The highest BCUT2D eigenvalue weighted by Crippen LogP contribution is 2.34. The van der Waals surface area contributed by atoms with Crippen molar-refractivity contribution in [3.8, 4) is 11.5 Å². The molecule has 3 rings (SSSR count). The van der Waals surface area contributed by atoms with Crippen LogP contribution in [-0.4, -0.2) is 48.3 Å². The fourth-order valence-corrected chi connectivity index (χ4v) is 4.18. The molecule has 1 saturated heterocycles. The van der Waals surface area contributed by atoms with Crippen molar-refractivity contribution < 1.29 is 19.1 Å². The summed E-state index contributed by atoms with van der Waals surface area (Å²) in [5, 5.41) is 2.84. The number of carbonyl (C=O) groups excluding carboxylic acids is 2. The number of hydrogen-bond acceptors (Lipinski definition) is 6. The Morgan fingerprint density at radius 3 is 2.57 bits per heavy atom. The third-order valence-electron chi connectivity index (χ3n) is 4.46. The predicted octanol–water partition coefficient (Wildman–Crippen LogP) is 3.26. The summed E-state index contributed by atoms with van der Waals surface area (Å²) < 4.78 is 10.9. The summed E-state index contributed by atoms with van der Waals surface area (Å²) in [5.41, 5.74) is 1.92. The molecule has 0 aliphatic carbocycles. The SMILES string of the molecule is COc1ccc(/C=C2\SC(=S)N(CC(=O)NCCc3ccccc3)C2=O)cc1OC. The number of carbonyl (C=O) groups is 2. The van der Waals surface area contributed by atoms with E-state index in [1.54, 1.807) is 32.4 Å². The molecule has 0 bridgehead atoms. The Kier molecular flexibility index (Phi) is 7.48. The molecule has 30 heavy (non-hydrogen) atoms. The van der Waals surface area contributed by atoms with Crippen molar-refractivity contribution in [1.29, 1.82) is 0 Å². The second kappa shape index (κ2) is 10.3. The van der Waals surface area contributed by atoms with Gasteiger partial charge in [0.25, 0.3) is 5.91 Å². The standard InChI is InChI=1S/C22H22N2O4S2/c1-27-17-9-8-16(12-18(17)28-2)13-19-21(26)24(22(29)30-19)14-20(25)23-11-10-15-6-4-3-5-7-15/h3-9,12-13H,10-11,14H2,1-2H3,(H,23,25)/b19-13-. The first-order chi connectivity index (χ1) is 14.5. The zero-order valence-corrected chi connectivity index (χ0v) is 18.3. The van der Waals surface area contributed by atoms with Crippen molar-refractivity contribution in [3.05, 3.63) is 64.6 Å². The Hall–Kier alpha value is -2.84. The number of benzene rings is 2. The maximum absolute atomic E-state index is 12.7. The molecule has 8 heteroatoms. The molecule has 1 N–H and O–H groups in total. The molecule has 1 aliphatic rings. The lowest BCUT2D eigenvalue weighted by Gasteiger charge is -2.14. The quantitative estimate of drug-likeness (QED) is 0.500. The number of thioether (sulfide) groups is 1. The molecule has 2 amide bonds. The van der Waals surface area contributed by atoms with Crippen molar-refractivity contribution in [1.82, 2.24) is 10.2 Å². The lowest BCUT2D eigenvalue weighted by atomic mass is 10.1. The monoisotopic (exact) mass is 442 g/mol.